The zero-order chi connectivity index (χ0) is 13.8. The monoisotopic (exact) mass is 325 g/mol. The molecule has 1 N–H and O–H groups in total. The molecule has 1 aliphatic carbocycles. The average molecular weight is 326 g/mol. The lowest BCUT2D eigenvalue weighted by molar-refractivity contribution is 0.0697. The summed E-state index contributed by atoms with van der Waals surface area (Å²) >= 11 is 3.49. The van der Waals surface area contributed by atoms with Crippen molar-refractivity contribution in [2.45, 2.75) is 32.7 Å². The van der Waals surface area contributed by atoms with Crippen LogP contribution in [-0.2, 0) is 6.54 Å². The van der Waals surface area contributed by atoms with Gasteiger partial charge >= 0.3 is 5.97 Å². The summed E-state index contributed by atoms with van der Waals surface area (Å²) in [5.41, 5.74) is 1.50. The van der Waals surface area contributed by atoms with Gasteiger partial charge < -0.3 is 5.11 Å². The van der Waals surface area contributed by atoms with Crippen molar-refractivity contribution >= 4 is 21.9 Å². The van der Waals surface area contributed by atoms with E-state index in [9.17, 15) is 4.79 Å². The Morgan fingerprint density at radius 1 is 1.47 bits per heavy atom. The lowest BCUT2D eigenvalue weighted by atomic mass is 10.1. The third-order valence-corrected chi connectivity index (χ3v) is 4.19. The van der Waals surface area contributed by atoms with Crippen LogP contribution in [0.2, 0.25) is 0 Å². The van der Waals surface area contributed by atoms with Crippen molar-refractivity contribution < 1.29 is 9.90 Å². The van der Waals surface area contributed by atoms with Crippen molar-refractivity contribution in [3.05, 3.63) is 33.8 Å². The first-order valence-corrected chi connectivity index (χ1v) is 7.63. The Hall–Kier alpha value is -0.870. The molecule has 0 amide bonds. The number of hydrogen-bond donors (Lipinski definition) is 1. The van der Waals surface area contributed by atoms with E-state index in [-0.39, 0.29) is 0 Å². The second-order valence-corrected chi connectivity index (χ2v) is 6.14. The second-order valence-electron chi connectivity index (χ2n) is 5.29. The number of halogens is 1. The van der Waals surface area contributed by atoms with Crippen LogP contribution in [0.5, 0.6) is 0 Å². The molecule has 19 heavy (non-hydrogen) atoms. The summed E-state index contributed by atoms with van der Waals surface area (Å²) in [6.07, 6.45) is 3.87. The summed E-state index contributed by atoms with van der Waals surface area (Å²) in [5, 5.41) is 8.96. The van der Waals surface area contributed by atoms with Gasteiger partial charge in [-0.05, 0) is 49.4 Å². The fourth-order valence-electron chi connectivity index (χ4n) is 2.27. The first-order chi connectivity index (χ1) is 9.10. The molecule has 1 saturated carbocycles. The maximum atomic E-state index is 10.9. The van der Waals surface area contributed by atoms with Gasteiger partial charge in [0, 0.05) is 17.6 Å². The minimum absolute atomic E-state index is 0.333. The molecule has 0 saturated heterocycles. The number of benzene rings is 1. The standard InChI is InChI=1S/C15H20BrNO2/c1-2-7-17(9-11-3-4-11)10-13-6-5-12(15(18)19)8-14(13)16/h5-6,8,11H,2-4,7,9-10H2,1H3,(H,18,19). The van der Waals surface area contributed by atoms with Gasteiger partial charge in [0.15, 0.2) is 0 Å². The van der Waals surface area contributed by atoms with Crippen LogP contribution in [0.15, 0.2) is 22.7 Å². The first kappa shape index (κ1) is 14.5. The third-order valence-electron chi connectivity index (χ3n) is 3.45. The van der Waals surface area contributed by atoms with Crippen LogP contribution in [-0.4, -0.2) is 29.1 Å². The SMILES string of the molecule is CCCN(Cc1ccc(C(=O)O)cc1Br)CC1CC1. The quantitative estimate of drug-likeness (QED) is 0.829. The van der Waals surface area contributed by atoms with E-state index in [0.29, 0.717) is 5.56 Å². The van der Waals surface area contributed by atoms with Crippen LogP contribution in [0, 0.1) is 5.92 Å². The third kappa shape index (κ3) is 4.32. The second kappa shape index (κ2) is 6.53. The summed E-state index contributed by atoms with van der Waals surface area (Å²) in [7, 11) is 0. The Kier molecular flexibility index (Phi) is 4.99. The van der Waals surface area contributed by atoms with Crippen molar-refractivity contribution in [3.8, 4) is 0 Å². The van der Waals surface area contributed by atoms with Gasteiger partial charge in [-0.3, -0.25) is 4.90 Å². The predicted molar refractivity (Wildman–Crippen MR) is 79.4 cm³/mol. The fraction of sp³-hybridized carbons (Fsp3) is 0.533. The number of nitrogens with zero attached hydrogens (tertiary/aromatic N) is 1. The molecule has 1 fully saturated rings. The maximum absolute atomic E-state index is 10.9. The van der Waals surface area contributed by atoms with E-state index in [4.69, 9.17) is 5.11 Å². The highest BCUT2D eigenvalue weighted by atomic mass is 79.9. The highest BCUT2D eigenvalue weighted by Gasteiger charge is 2.24. The van der Waals surface area contributed by atoms with Gasteiger partial charge in [0.05, 0.1) is 5.56 Å². The maximum Gasteiger partial charge on any atom is 0.335 e. The number of carboxylic acids is 1. The largest absolute Gasteiger partial charge is 0.478 e. The number of hydrogen-bond acceptors (Lipinski definition) is 2. The molecule has 0 unspecified atom stereocenters. The number of carboxylic acid groups (broad SMARTS) is 1. The molecule has 0 heterocycles. The van der Waals surface area contributed by atoms with Crippen molar-refractivity contribution in [2.75, 3.05) is 13.1 Å². The minimum Gasteiger partial charge on any atom is -0.478 e. The fourth-order valence-corrected chi connectivity index (χ4v) is 2.77. The van der Waals surface area contributed by atoms with Crippen LogP contribution >= 0.6 is 15.9 Å². The molecule has 3 nitrogen and oxygen atoms in total. The van der Waals surface area contributed by atoms with Gasteiger partial charge in [-0.1, -0.05) is 28.9 Å². The highest BCUT2D eigenvalue weighted by molar-refractivity contribution is 9.10. The van der Waals surface area contributed by atoms with Crippen molar-refractivity contribution in [1.29, 1.82) is 0 Å². The van der Waals surface area contributed by atoms with E-state index in [1.54, 1.807) is 12.1 Å². The molecule has 2 rings (SSSR count). The number of aromatic carboxylic acids is 1. The molecule has 0 bridgehead atoms. The Morgan fingerprint density at radius 3 is 2.74 bits per heavy atom. The van der Waals surface area contributed by atoms with E-state index < -0.39 is 5.97 Å². The summed E-state index contributed by atoms with van der Waals surface area (Å²) in [5.74, 6) is -0.000682. The number of rotatable bonds is 7. The minimum atomic E-state index is -0.879. The molecule has 1 aliphatic rings. The zero-order valence-electron chi connectivity index (χ0n) is 11.2. The van der Waals surface area contributed by atoms with Crippen molar-refractivity contribution in [1.82, 2.24) is 4.90 Å². The summed E-state index contributed by atoms with van der Waals surface area (Å²) in [6.45, 7) is 5.36. The zero-order valence-corrected chi connectivity index (χ0v) is 12.8. The molecule has 0 atom stereocenters. The smallest absolute Gasteiger partial charge is 0.335 e. The highest BCUT2D eigenvalue weighted by Crippen LogP contribution is 2.30. The van der Waals surface area contributed by atoms with Gasteiger partial charge in [-0.2, -0.15) is 0 Å². The molecular formula is C15H20BrNO2. The molecule has 0 spiro atoms. The Bertz CT molecular complexity index is 457. The molecule has 0 aliphatic heterocycles. The Labute approximate surface area is 122 Å². The topological polar surface area (TPSA) is 40.5 Å². The van der Waals surface area contributed by atoms with Gasteiger partial charge in [-0.25, -0.2) is 4.79 Å². The van der Waals surface area contributed by atoms with Gasteiger partial charge in [0.25, 0.3) is 0 Å². The van der Waals surface area contributed by atoms with Crippen LogP contribution in [0.4, 0.5) is 0 Å². The van der Waals surface area contributed by atoms with Crippen LogP contribution in [0.1, 0.15) is 42.1 Å². The molecule has 0 radical (unpaired) electrons. The van der Waals surface area contributed by atoms with E-state index in [1.807, 2.05) is 6.07 Å². The van der Waals surface area contributed by atoms with Crippen LogP contribution in [0.25, 0.3) is 0 Å². The van der Waals surface area contributed by atoms with E-state index in [1.165, 1.54) is 24.9 Å². The predicted octanol–water partition coefficient (Wildman–Crippen LogP) is 3.77. The number of carbonyl (C=O) groups is 1. The van der Waals surface area contributed by atoms with Crippen LogP contribution in [0.3, 0.4) is 0 Å². The van der Waals surface area contributed by atoms with Gasteiger partial charge in [0.1, 0.15) is 0 Å². The summed E-state index contributed by atoms with van der Waals surface area (Å²) < 4.78 is 0.893. The van der Waals surface area contributed by atoms with Gasteiger partial charge in [-0.15, -0.1) is 0 Å². The van der Waals surface area contributed by atoms with Crippen molar-refractivity contribution in [2.24, 2.45) is 5.92 Å². The Morgan fingerprint density at radius 2 is 2.21 bits per heavy atom. The van der Waals surface area contributed by atoms with Crippen molar-refractivity contribution in [3.63, 3.8) is 0 Å². The molecular weight excluding hydrogens is 306 g/mol. The van der Waals surface area contributed by atoms with E-state index >= 15 is 0 Å². The molecule has 1 aromatic rings. The van der Waals surface area contributed by atoms with Gasteiger partial charge in [0.2, 0.25) is 0 Å². The van der Waals surface area contributed by atoms with E-state index in [2.05, 4.69) is 27.8 Å². The summed E-state index contributed by atoms with van der Waals surface area (Å²) in [6, 6.07) is 5.30. The lowest BCUT2D eigenvalue weighted by Crippen LogP contribution is -2.26. The molecule has 4 heteroatoms. The van der Waals surface area contributed by atoms with Crippen LogP contribution < -0.4 is 0 Å². The first-order valence-electron chi connectivity index (χ1n) is 6.84. The molecule has 0 aromatic heterocycles. The van der Waals surface area contributed by atoms with E-state index in [0.717, 1.165) is 29.9 Å². The molecule has 104 valence electrons. The molecule has 1 aromatic carbocycles. The Balaban J connectivity index is 2.04. The lowest BCUT2D eigenvalue weighted by Gasteiger charge is -2.22. The summed E-state index contributed by atoms with van der Waals surface area (Å²) in [4.78, 5) is 13.4. The average Bonchev–Trinajstić information content (AvgIpc) is 3.15. The normalized spacial score (nSPS) is 14.9.